The lowest BCUT2D eigenvalue weighted by Crippen LogP contribution is -2.38. The number of thiophene rings is 1. The molecule has 0 bridgehead atoms. The van der Waals surface area contributed by atoms with Gasteiger partial charge in [-0.1, -0.05) is 0 Å². The Morgan fingerprint density at radius 3 is 2.38 bits per heavy atom. The monoisotopic (exact) mass is 384 g/mol. The molecule has 3 amide bonds. The quantitative estimate of drug-likeness (QED) is 0.262. The first kappa shape index (κ1) is 21.1. The molecule has 0 aliphatic carbocycles. The third kappa shape index (κ3) is 7.30. The Bertz CT molecular complexity index is 722. The highest BCUT2D eigenvalue weighted by Crippen LogP contribution is 2.21. The van der Waals surface area contributed by atoms with E-state index in [9.17, 15) is 19.2 Å². The van der Waals surface area contributed by atoms with E-state index in [0.717, 1.165) is 18.4 Å². The van der Waals surface area contributed by atoms with E-state index in [1.54, 1.807) is 20.8 Å². The molecule has 0 saturated heterocycles. The predicted molar refractivity (Wildman–Crippen MR) is 94.2 cm³/mol. The Labute approximate surface area is 153 Å². The second kappa shape index (κ2) is 8.94. The second-order valence-corrected chi connectivity index (χ2v) is 6.96. The summed E-state index contributed by atoms with van der Waals surface area (Å²) in [6, 6.07) is 2.96. The lowest BCUT2D eigenvalue weighted by atomic mass is 10.2. The fraction of sp³-hybridized carbons (Fsp3) is 0.400. The SMILES string of the molecule is COC(=O)CNC(=O)C(=O)Nc1ccc(C(=N)NC(=O)OC(C)(C)C)s1. The molecule has 0 saturated carbocycles. The topological polar surface area (TPSA) is 147 Å². The van der Waals surface area contributed by atoms with Crippen molar-refractivity contribution in [3.05, 3.63) is 17.0 Å². The molecule has 11 heteroatoms. The number of amides is 3. The minimum absolute atomic E-state index is 0.208. The first-order chi connectivity index (χ1) is 12.0. The van der Waals surface area contributed by atoms with E-state index >= 15 is 0 Å². The van der Waals surface area contributed by atoms with Crippen LogP contribution in [0.3, 0.4) is 0 Å². The van der Waals surface area contributed by atoms with Crippen LogP contribution in [0.1, 0.15) is 25.6 Å². The summed E-state index contributed by atoms with van der Waals surface area (Å²) in [5.41, 5.74) is -0.698. The molecular weight excluding hydrogens is 364 g/mol. The fourth-order valence-electron chi connectivity index (χ4n) is 1.48. The van der Waals surface area contributed by atoms with E-state index in [-0.39, 0.29) is 10.8 Å². The third-order valence-electron chi connectivity index (χ3n) is 2.54. The number of nitrogens with one attached hydrogen (secondary N) is 4. The van der Waals surface area contributed by atoms with E-state index in [1.807, 2.05) is 0 Å². The maximum Gasteiger partial charge on any atom is 0.413 e. The highest BCUT2D eigenvalue weighted by molar-refractivity contribution is 7.18. The van der Waals surface area contributed by atoms with Crippen LogP contribution in [0, 0.1) is 5.41 Å². The molecule has 0 aromatic carbocycles. The van der Waals surface area contributed by atoms with Crippen LogP contribution >= 0.6 is 11.3 Å². The summed E-state index contributed by atoms with van der Waals surface area (Å²) in [5.74, 6) is -2.88. The van der Waals surface area contributed by atoms with Crippen LogP contribution in [-0.4, -0.2) is 49.0 Å². The Balaban J connectivity index is 2.57. The molecule has 4 N–H and O–H groups in total. The number of esters is 1. The summed E-state index contributed by atoms with van der Waals surface area (Å²) >= 11 is 0.977. The molecule has 0 spiro atoms. The molecule has 10 nitrogen and oxygen atoms in total. The van der Waals surface area contributed by atoms with Gasteiger partial charge in [0.25, 0.3) is 0 Å². The van der Waals surface area contributed by atoms with Crippen LogP contribution in [0.5, 0.6) is 0 Å². The predicted octanol–water partition coefficient (Wildman–Crippen LogP) is 0.826. The Morgan fingerprint density at radius 1 is 1.15 bits per heavy atom. The van der Waals surface area contributed by atoms with Gasteiger partial charge in [0.15, 0.2) is 0 Å². The van der Waals surface area contributed by atoms with Crippen LogP contribution < -0.4 is 16.0 Å². The molecule has 0 unspecified atom stereocenters. The molecule has 1 rings (SSSR count). The van der Waals surface area contributed by atoms with Crippen molar-refractivity contribution < 1.29 is 28.7 Å². The van der Waals surface area contributed by atoms with Gasteiger partial charge >= 0.3 is 23.9 Å². The molecule has 0 aliphatic rings. The maximum atomic E-state index is 11.7. The number of carbonyl (C=O) groups excluding carboxylic acids is 4. The Hall–Kier alpha value is -2.95. The van der Waals surface area contributed by atoms with Crippen molar-refractivity contribution in [2.24, 2.45) is 0 Å². The zero-order valence-corrected chi connectivity index (χ0v) is 15.5. The van der Waals surface area contributed by atoms with E-state index < -0.39 is 36.0 Å². The number of alkyl carbamates (subject to hydrolysis) is 1. The van der Waals surface area contributed by atoms with Crippen molar-refractivity contribution in [2.45, 2.75) is 26.4 Å². The lowest BCUT2D eigenvalue weighted by molar-refractivity contribution is -0.142. The first-order valence-corrected chi connectivity index (χ1v) is 8.18. The van der Waals surface area contributed by atoms with Crippen LogP contribution in [0.2, 0.25) is 0 Å². The number of amidine groups is 1. The number of hydrogen-bond donors (Lipinski definition) is 4. The molecule has 0 radical (unpaired) electrons. The summed E-state index contributed by atoms with van der Waals surface area (Å²) < 4.78 is 9.38. The van der Waals surface area contributed by atoms with Gasteiger partial charge in [-0.3, -0.25) is 25.1 Å². The van der Waals surface area contributed by atoms with Gasteiger partial charge in [-0.15, -0.1) is 11.3 Å². The zero-order chi connectivity index (χ0) is 19.9. The molecular formula is C15H20N4O6S. The molecule has 0 atom stereocenters. The van der Waals surface area contributed by atoms with Gasteiger partial charge in [0.2, 0.25) is 0 Å². The van der Waals surface area contributed by atoms with Gasteiger partial charge in [0.05, 0.1) is 17.0 Å². The van der Waals surface area contributed by atoms with Gasteiger partial charge in [-0.05, 0) is 32.9 Å². The van der Waals surface area contributed by atoms with Crippen molar-refractivity contribution in [3.8, 4) is 0 Å². The van der Waals surface area contributed by atoms with E-state index in [0.29, 0.717) is 4.88 Å². The smallest absolute Gasteiger partial charge is 0.413 e. The summed E-state index contributed by atoms with van der Waals surface area (Å²) in [7, 11) is 1.15. The normalized spacial score (nSPS) is 10.5. The molecule has 0 aliphatic heterocycles. The van der Waals surface area contributed by atoms with E-state index in [4.69, 9.17) is 10.1 Å². The van der Waals surface area contributed by atoms with Gasteiger partial charge < -0.3 is 20.1 Å². The summed E-state index contributed by atoms with van der Waals surface area (Å²) in [4.78, 5) is 46.2. The molecule has 0 fully saturated rings. The highest BCUT2D eigenvalue weighted by atomic mass is 32.1. The minimum Gasteiger partial charge on any atom is -0.468 e. The van der Waals surface area contributed by atoms with Crippen molar-refractivity contribution >= 4 is 46.1 Å². The van der Waals surface area contributed by atoms with Crippen molar-refractivity contribution in [2.75, 3.05) is 19.0 Å². The zero-order valence-electron chi connectivity index (χ0n) is 14.7. The second-order valence-electron chi connectivity index (χ2n) is 5.88. The average molecular weight is 384 g/mol. The van der Waals surface area contributed by atoms with Gasteiger partial charge in [-0.25, -0.2) is 4.79 Å². The van der Waals surface area contributed by atoms with Crippen LogP contribution in [0.15, 0.2) is 12.1 Å². The molecule has 142 valence electrons. The number of anilines is 1. The summed E-state index contributed by atoms with van der Waals surface area (Å²) in [6.45, 7) is 4.66. The molecule has 1 aromatic heterocycles. The van der Waals surface area contributed by atoms with Gasteiger partial charge in [0, 0.05) is 0 Å². The number of ether oxygens (including phenoxy) is 2. The summed E-state index contributed by atoms with van der Waals surface area (Å²) in [6.07, 6.45) is -0.774. The standard InChI is InChI=1S/C15H20N4O6S/c1-15(2,3)25-14(23)19-11(16)8-5-6-9(26-8)18-13(22)12(21)17-7-10(20)24-4/h5-6H,7H2,1-4H3,(H,17,21)(H,18,22)(H2,16,19,23). The van der Waals surface area contributed by atoms with E-state index in [2.05, 4.69) is 20.7 Å². The molecule has 1 heterocycles. The van der Waals surface area contributed by atoms with E-state index in [1.165, 1.54) is 12.1 Å². The first-order valence-electron chi connectivity index (χ1n) is 7.36. The van der Waals surface area contributed by atoms with Crippen LogP contribution in [0.25, 0.3) is 0 Å². The third-order valence-corrected chi connectivity index (χ3v) is 3.56. The Kier molecular flexibility index (Phi) is 7.26. The minimum atomic E-state index is -1.01. The number of rotatable bonds is 4. The fourth-order valence-corrected chi connectivity index (χ4v) is 2.29. The molecule has 26 heavy (non-hydrogen) atoms. The van der Waals surface area contributed by atoms with Gasteiger partial charge in [-0.2, -0.15) is 0 Å². The maximum absolute atomic E-state index is 11.7. The number of hydrogen-bond acceptors (Lipinski definition) is 8. The van der Waals surface area contributed by atoms with Gasteiger partial charge in [0.1, 0.15) is 18.0 Å². The van der Waals surface area contributed by atoms with Crippen molar-refractivity contribution in [1.29, 1.82) is 5.41 Å². The number of methoxy groups -OCH3 is 1. The highest BCUT2D eigenvalue weighted by Gasteiger charge is 2.19. The van der Waals surface area contributed by atoms with Crippen LogP contribution in [0.4, 0.5) is 9.80 Å². The molecule has 1 aromatic rings. The number of carbonyl (C=O) groups is 4. The summed E-state index contributed by atoms with van der Waals surface area (Å²) in [5, 5.41) is 14.8. The van der Waals surface area contributed by atoms with Crippen molar-refractivity contribution in [1.82, 2.24) is 10.6 Å². The largest absolute Gasteiger partial charge is 0.468 e. The average Bonchev–Trinajstić information content (AvgIpc) is 2.98. The van der Waals surface area contributed by atoms with Crippen molar-refractivity contribution in [3.63, 3.8) is 0 Å². The lowest BCUT2D eigenvalue weighted by Gasteiger charge is -2.19. The Morgan fingerprint density at radius 2 is 1.81 bits per heavy atom. The van der Waals surface area contributed by atoms with Crippen LogP contribution in [-0.2, 0) is 23.9 Å².